The van der Waals surface area contributed by atoms with Gasteiger partial charge in [0.1, 0.15) is 45.2 Å². The van der Waals surface area contributed by atoms with Crippen molar-refractivity contribution in [3.8, 4) is 40.2 Å². The number of carbonyl (C=O) groups excluding carboxylic acids is 1. The molecule has 6 aromatic heterocycles. The van der Waals surface area contributed by atoms with E-state index in [-0.39, 0.29) is 53.3 Å². The zero-order valence-corrected chi connectivity index (χ0v) is 60.2. The summed E-state index contributed by atoms with van der Waals surface area (Å²) >= 11 is 12.0. The summed E-state index contributed by atoms with van der Waals surface area (Å²) in [5.74, 6) is 1.35. The van der Waals surface area contributed by atoms with Crippen LogP contribution in [0.15, 0.2) is 164 Å². The molecule has 2 aliphatic heterocycles. The Kier molecular flexibility index (Phi) is 28.8. The zero-order valence-electron chi connectivity index (χ0n) is 58.7. The van der Waals surface area contributed by atoms with E-state index >= 15 is 0 Å². The first kappa shape index (κ1) is 79.9. The quantitative estimate of drug-likeness (QED) is 0.0374. The van der Waals surface area contributed by atoms with E-state index in [0.717, 1.165) is 77.5 Å². The SMILES string of the molecule is CCOC(=O)COc1ccc2ncc(C3OCCO3)cc2c1.COC(OC)c1cc2cc(O)ccc2nc1Cl.COC(OC)c1cnc2ccc(O)c(C(F)(F)F)c2c1.COC(OC)c1cnc2ccc(O)cc2c1.COc1ccc2nc(Cl)c(OC)cc2c1.Oc1ccc2ncc(C3OCCO3)cc2c1. The Morgan fingerprint density at radius 2 is 0.906 bits per heavy atom. The maximum Gasteiger partial charge on any atom is 0.420 e. The number of hydrogen-bond acceptors (Lipinski definition) is 25. The summed E-state index contributed by atoms with van der Waals surface area (Å²) < 4.78 is 112. The second kappa shape index (κ2) is 38.2. The molecule has 14 rings (SSSR count). The van der Waals surface area contributed by atoms with Crippen LogP contribution < -0.4 is 14.2 Å². The van der Waals surface area contributed by atoms with Crippen LogP contribution in [-0.2, 0) is 63.1 Å². The number of benzene rings is 6. The number of ether oxygens (including phenoxy) is 14. The molecule has 0 radical (unpaired) electrons. The van der Waals surface area contributed by atoms with Crippen molar-refractivity contribution in [3.63, 3.8) is 0 Å². The van der Waals surface area contributed by atoms with E-state index in [4.69, 9.17) is 89.5 Å². The second-order valence-corrected chi connectivity index (χ2v) is 23.4. The molecular weight excluding hydrogens is 1430 g/mol. The van der Waals surface area contributed by atoms with Crippen molar-refractivity contribution in [1.29, 1.82) is 0 Å². The topological polar surface area (TPSA) is 305 Å². The molecule has 0 spiro atoms. The molecule has 2 aliphatic rings. The highest BCUT2D eigenvalue weighted by Gasteiger charge is 2.36. The Hall–Kier alpha value is -10.2. The Morgan fingerprint density at radius 3 is 1.42 bits per heavy atom. The van der Waals surface area contributed by atoms with Gasteiger partial charge in [-0.1, -0.05) is 23.2 Å². The van der Waals surface area contributed by atoms with Crippen molar-refractivity contribution in [2.45, 2.75) is 44.6 Å². The zero-order chi connectivity index (χ0) is 76.0. The molecule has 6 aromatic carbocycles. The molecule has 30 heteroatoms. The van der Waals surface area contributed by atoms with Crippen molar-refractivity contribution in [1.82, 2.24) is 29.9 Å². The predicted molar refractivity (Wildman–Crippen MR) is 387 cm³/mol. The Bertz CT molecular complexity index is 4850. The average molecular weight is 1500 g/mol. The highest BCUT2D eigenvalue weighted by molar-refractivity contribution is 6.31. The molecule has 2 fully saturated rings. The smallest absolute Gasteiger partial charge is 0.420 e. The highest BCUT2D eigenvalue weighted by Crippen LogP contribution is 2.42. The molecular formula is C76H75Cl2F3N6O19. The van der Waals surface area contributed by atoms with Crippen molar-refractivity contribution in [2.24, 2.45) is 0 Å². The third-order valence-electron chi connectivity index (χ3n) is 15.7. The number of esters is 1. The first-order valence-electron chi connectivity index (χ1n) is 32.3. The van der Waals surface area contributed by atoms with Crippen LogP contribution >= 0.6 is 23.2 Å². The standard InChI is InChI=1S/C16H17NO5.C13H12F3NO3.C12H12ClNO3.C12H11NO3.C12H13NO3.C11H10ClNO2/c1-2-19-15(18)10-22-13-3-4-14-11(8-13)7-12(9-17-14)16-20-5-6-21-16;1-19-12(20-2)7-5-8-9(17-6-7)3-4-10(18)11(8)13(14,15)16;1-16-12(17-2)9-6-7-5-8(15)3-4-10(7)14-11(9)13;14-10-1-2-11-8(6-10)5-9(7-13-11)12-15-3-4-16-12;1-15-12(16-2)9-5-8-6-10(14)3-4-11(8)13-7-9;1-14-8-3-4-9-7(5-8)6-10(15-2)11(12)13-9/h3-4,7-9,16H,2,5-6,10H2,1H3;3-6,12,18H,1-2H3;3-6,12,15H,1-2H3;1-2,5-7,12,14H,3-4H2;3-7,12,14H,1-2H3;3-6H,1-2H3. The van der Waals surface area contributed by atoms with Crippen molar-refractivity contribution in [3.05, 3.63) is 208 Å². The minimum atomic E-state index is -4.68. The van der Waals surface area contributed by atoms with Gasteiger partial charge < -0.3 is 86.7 Å². The number of rotatable bonds is 17. The maximum atomic E-state index is 13.0. The van der Waals surface area contributed by atoms with Gasteiger partial charge in [-0.2, -0.15) is 13.2 Å². The van der Waals surface area contributed by atoms with Crippen LogP contribution in [-0.4, -0.2) is 153 Å². The first-order valence-corrected chi connectivity index (χ1v) is 33.0. The van der Waals surface area contributed by atoms with E-state index in [1.165, 1.54) is 46.8 Å². The minimum absolute atomic E-state index is 0.110. The molecule has 12 aromatic rings. The second-order valence-electron chi connectivity index (χ2n) is 22.6. The molecule has 0 saturated carbocycles. The molecule has 0 amide bonds. The first-order chi connectivity index (χ1) is 51.1. The number of halogens is 5. The Labute approximate surface area is 615 Å². The van der Waals surface area contributed by atoms with Crippen LogP contribution in [0.3, 0.4) is 0 Å². The van der Waals surface area contributed by atoms with Crippen LogP contribution in [0.5, 0.6) is 40.2 Å². The number of alkyl halides is 3. The fourth-order valence-electron chi connectivity index (χ4n) is 10.7. The van der Waals surface area contributed by atoms with Crippen LogP contribution in [0.2, 0.25) is 10.3 Å². The summed E-state index contributed by atoms with van der Waals surface area (Å²) in [6, 6.07) is 39.0. The van der Waals surface area contributed by atoms with Crippen molar-refractivity contribution >= 4 is 94.6 Å². The summed E-state index contributed by atoms with van der Waals surface area (Å²) in [6.07, 6.45) is -0.614. The number of pyridine rings is 6. The molecule has 8 heterocycles. The van der Waals surface area contributed by atoms with E-state index in [0.29, 0.717) is 71.5 Å². The Morgan fingerprint density at radius 1 is 0.481 bits per heavy atom. The molecule has 4 N–H and O–H groups in total. The van der Waals surface area contributed by atoms with Crippen molar-refractivity contribution in [2.75, 3.05) is 96.5 Å². The van der Waals surface area contributed by atoms with Gasteiger partial charge in [0, 0.05) is 128 Å². The number of hydrogen-bond donors (Lipinski definition) is 4. The van der Waals surface area contributed by atoms with Gasteiger partial charge in [-0.3, -0.25) is 19.9 Å². The molecule has 558 valence electrons. The van der Waals surface area contributed by atoms with Gasteiger partial charge >= 0.3 is 12.1 Å². The van der Waals surface area contributed by atoms with Gasteiger partial charge in [-0.15, -0.1) is 0 Å². The van der Waals surface area contributed by atoms with Crippen LogP contribution in [0.4, 0.5) is 13.2 Å². The van der Waals surface area contributed by atoms with Gasteiger partial charge in [0.2, 0.25) is 0 Å². The molecule has 0 bridgehead atoms. The summed E-state index contributed by atoms with van der Waals surface area (Å²) in [5, 5.41) is 42.5. The largest absolute Gasteiger partial charge is 0.508 e. The lowest BCUT2D eigenvalue weighted by atomic mass is 10.0. The summed E-state index contributed by atoms with van der Waals surface area (Å²) in [6.45, 7) is 4.40. The lowest BCUT2D eigenvalue weighted by Crippen LogP contribution is -2.14. The van der Waals surface area contributed by atoms with Crippen LogP contribution in [0, 0.1) is 0 Å². The van der Waals surface area contributed by atoms with Gasteiger partial charge in [-0.25, -0.2) is 14.8 Å². The number of phenols is 4. The maximum absolute atomic E-state index is 13.0. The number of aromatic hydroxyl groups is 4. The molecule has 0 atom stereocenters. The van der Waals surface area contributed by atoms with E-state index in [2.05, 4.69) is 29.9 Å². The van der Waals surface area contributed by atoms with Gasteiger partial charge in [-0.05, 0) is 146 Å². The van der Waals surface area contributed by atoms with Crippen LogP contribution in [0.25, 0.3) is 65.4 Å². The average Bonchev–Trinajstić information content (AvgIpc) is 0.966. The number of aromatic nitrogens is 6. The number of carbonyl (C=O) groups is 1. The molecule has 0 aliphatic carbocycles. The van der Waals surface area contributed by atoms with Gasteiger partial charge in [0.05, 0.1) is 80.4 Å². The molecule has 2 saturated heterocycles. The van der Waals surface area contributed by atoms with E-state index in [9.17, 15) is 38.4 Å². The fourth-order valence-corrected chi connectivity index (χ4v) is 11.2. The highest BCUT2D eigenvalue weighted by atomic mass is 35.5. The molecule has 0 unspecified atom stereocenters. The number of methoxy groups -OCH3 is 8. The third kappa shape index (κ3) is 21.1. The normalized spacial score (nSPS) is 13.0. The monoisotopic (exact) mass is 1500 g/mol. The lowest BCUT2D eigenvalue weighted by Gasteiger charge is -2.16. The van der Waals surface area contributed by atoms with Crippen LogP contribution in [0.1, 0.15) is 71.8 Å². The minimum Gasteiger partial charge on any atom is -0.508 e. The Balaban J connectivity index is 0.000000148. The molecule has 25 nitrogen and oxygen atoms in total. The fraction of sp³-hybridized carbons (Fsp3) is 0.276. The third-order valence-corrected chi connectivity index (χ3v) is 16.2. The van der Waals surface area contributed by atoms with Crippen molar-refractivity contribution < 1.29 is 105 Å². The van der Waals surface area contributed by atoms with E-state index in [1.807, 2.05) is 54.6 Å². The van der Waals surface area contributed by atoms with E-state index in [1.54, 1.807) is 121 Å². The summed E-state index contributed by atoms with van der Waals surface area (Å²) in [7, 11) is 12.1. The van der Waals surface area contributed by atoms with E-state index < -0.39 is 36.4 Å². The number of nitrogens with zero attached hydrogens (tertiary/aromatic N) is 6. The number of phenolic OH excluding ortho intramolecular Hbond substituents is 4. The van der Waals surface area contributed by atoms with Gasteiger partial charge in [0.15, 0.2) is 49.0 Å². The summed E-state index contributed by atoms with van der Waals surface area (Å²) in [5.41, 5.74) is 6.60. The number of fused-ring (bicyclic) bond motifs is 6. The van der Waals surface area contributed by atoms with Gasteiger partial charge in [0.25, 0.3) is 0 Å². The molecule has 106 heavy (non-hydrogen) atoms. The predicted octanol–water partition coefficient (Wildman–Crippen LogP) is 15.5. The lowest BCUT2D eigenvalue weighted by molar-refractivity contribution is -0.145. The summed E-state index contributed by atoms with van der Waals surface area (Å²) in [4.78, 5) is 36.6.